The standard InChI is InChI=1S/C13H20N2O2/c1-2-15(9-6-10-16)13(17)14-11-12-7-4-3-5-8-12/h3-5,7-8,16H,2,6,9-11H2,1H3,(H,14,17). The van der Waals surface area contributed by atoms with E-state index in [9.17, 15) is 4.79 Å². The van der Waals surface area contributed by atoms with Crippen molar-refractivity contribution in [3.05, 3.63) is 35.9 Å². The van der Waals surface area contributed by atoms with Crippen LogP contribution in [-0.4, -0.2) is 35.7 Å². The van der Waals surface area contributed by atoms with E-state index in [1.54, 1.807) is 4.90 Å². The van der Waals surface area contributed by atoms with Crippen LogP contribution in [0, 0.1) is 0 Å². The van der Waals surface area contributed by atoms with Gasteiger partial charge in [0.15, 0.2) is 0 Å². The Morgan fingerprint density at radius 2 is 2.06 bits per heavy atom. The number of rotatable bonds is 6. The zero-order chi connectivity index (χ0) is 12.5. The van der Waals surface area contributed by atoms with Crippen molar-refractivity contribution in [2.24, 2.45) is 0 Å². The molecule has 4 nitrogen and oxygen atoms in total. The summed E-state index contributed by atoms with van der Waals surface area (Å²) in [6.07, 6.45) is 0.618. The molecule has 0 aliphatic heterocycles. The second-order valence-electron chi connectivity index (χ2n) is 3.80. The van der Waals surface area contributed by atoms with E-state index < -0.39 is 0 Å². The number of hydrogen-bond acceptors (Lipinski definition) is 2. The predicted molar refractivity (Wildman–Crippen MR) is 67.6 cm³/mol. The number of nitrogens with one attached hydrogen (secondary N) is 1. The molecule has 0 saturated heterocycles. The summed E-state index contributed by atoms with van der Waals surface area (Å²) in [7, 11) is 0. The summed E-state index contributed by atoms with van der Waals surface area (Å²) in [4.78, 5) is 13.5. The van der Waals surface area contributed by atoms with Gasteiger partial charge in [-0.3, -0.25) is 0 Å². The molecule has 0 heterocycles. The highest BCUT2D eigenvalue weighted by molar-refractivity contribution is 5.74. The van der Waals surface area contributed by atoms with Crippen LogP contribution in [0.5, 0.6) is 0 Å². The summed E-state index contributed by atoms with van der Waals surface area (Å²) in [5.74, 6) is 0. The first-order valence-electron chi connectivity index (χ1n) is 5.95. The van der Waals surface area contributed by atoms with Gasteiger partial charge in [-0.1, -0.05) is 30.3 Å². The summed E-state index contributed by atoms with van der Waals surface area (Å²) in [5.41, 5.74) is 1.08. The van der Waals surface area contributed by atoms with E-state index >= 15 is 0 Å². The van der Waals surface area contributed by atoms with Gasteiger partial charge in [-0.15, -0.1) is 0 Å². The Balaban J connectivity index is 2.37. The second-order valence-corrected chi connectivity index (χ2v) is 3.80. The van der Waals surface area contributed by atoms with Crippen LogP contribution >= 0.6 is 0 Å². The van der Waals surface area contributed by atoms with E-state index in [-0.39, 0.29) is 12.6 Å². The van der Waals surface area contributed by atoms with Crippen molar-refractivity contribution in [1.29, 1.82) is 0 Å². The van der Waals surface area contributed by atoms with Crippen LogP contribution < -0.4 is 5.32 Å². The first-order chi connectivity index (χ1) is 8.27. The van der Waals surface area contributed by atoms with Crippen LogP contribution in [0.3, 0.4) is 0 Å². The Labute approximate surface area is 102 Å². The van der Waals surface area contributed by atoms with E-state index in [1.807, 2.05) is 37.3 Å². The molecular formula is C13H20N2O2. The van der Waals surface area contributed by atoms with Gasteiger partial charge >= 0.3 is 6.03 Å². The molecule has 2 N–H and O–H groups in total. The predicted octanol–water partition coefficient (Wildman–Crippen LogP) is 1.60. The average Bonchev–Trinajstić information content (AvgIpc) is 2.38. The van der Waals surface area contributed by atoms with E-state index in [2.05, 4.69) is 5.32 Å². The SMILES string of the molecule is CCN(CCCO)C(=O)NCc1ccccc1. The Morgan fingerprint density at radius 1 is 1.35 bits per heavy atom. The van der Waals surface area contributed by atoms with Crippen molar-refractivity contribution in [2.75, 3.05) is 19.7 Å². The van der Waals surface area contributed by atoms with Gasteiger partial charge in [-0.25, -0.2) is 4.79 Å². The third-order valence-corrected chi connectivity index (χ3v) is 2.54. The lowest BCUT2D eigenvalue weighted by Gasteiger charge is -2.20. The number of carbonyl (C=O) groups excluding carboxylic acids is 1. The van der Waals surface area contributed by atoms with E-state index in [4.69, 9.17) is 5.11 Å². The van der Waals surface area contributed by atoms with Crippen molar-refractivity contribution in [1.82, 2.24) is 10.2 Å². The van der Waals surface area contributed by atoms with Gasteiger partial charge < -0.3 is 15.3 Å². The molecule has 0 bridgehead atoms. The fraction of sp³-hybridized carbons (Fsp3) is 0.462. The summed E-state index contributed by atoms with van der Waals surface area (Å²) in [5, 5.41) is 11.6. The van der Waals surface area contributed by atoms with Crippen LogP contribution in [-0.2, 0) is 6.54 Å². The van der Waals surface area contributed by atoms with Gasteiger partial charge in [-0.2, -0.15) is 0 Å². The van der Waals surface area contributed by atoms with Crippen LogP contribution in [0.2, 0.25) is 0 Å². The zero-order valence-corrected chi connectivity index (χ0v) is 10.2. The van der Waals surface area contributed by atoms with Crippen molar-refractivity contribution in [2.45, 2.75) is 19.9 Å². The quantitative estimate of drug-likeness (QED) is 0.788. The molecule has 1 aromatic carbocycles. The number of amides is 2. The summed E-state index contributed by atoms with van der Waals surface area (Å²) < 4.78 is 0. The number of nitrogens with zero attached hydrogens (tertiary/aromatic N) is 1. The van der Waals surface area contributed by atoms with Gasteiger partial charge in [0, 0.05) is 26.2 Å². The topological polar surface area (TPSA) is 52.6 Å². The molecule has 0 aromatic heterocycles. The molecule has 1 rings (SSSR count). The molecule has 2 amide bonds. The van der Waals surface area contributed by atoms with Gasteiger partial charge in [0.2, 0.25) is 0 Å². The normalized spacial score (nSPS) is 10.0. The van der Waals surface area contributed by atoms with Crippen LogP contribution in [0.4, 0.5) is 4.79 Å². The summed E-state index contributed by atoms with van der Waals surface area (Å²) in [6.45, 7) is 3.82. The highest BCUT2D eigenvalue weighted by Crippen LogP contribution is 1.99. The van der Waals surface area contributed by atoms with Crippen LogP contribution in [0.1, 0.15) is 18.9 Å². The van der Waals surface area contributed by atoms with Gasteiger partial charge in [0.05, 0.1) is 0 Å². The number of benzene rings is 1. The Kier molecular flexibility index (Phi) is 6.10. The minimum absolute atomic E-state index is 0.0789. The van der Waals surface area contributed by atoms with Crippen LogP contribution in [0.15, 0.2) is 30.3 Å². The Hall–Kier alpha value is -1.55. The number of urea groups is 1. The smallest absolute Gasteiger partial charge is 0.317 e. The maximum atomic E-state index is 11.8. The van der Waals surface area contributed by atoms with Crippen molar-refractivity contribution >= 4 is 6.03 Å². The molecule has 0 unspecified atom stereocenters. The van der Waals surface area contributed by atoms with E-state index in [1.165, 1.54) is 0 Å². The second kappa shape index (κ2) is 7.68. The largest absolute Gasteiger partial charge is 0.396 e. The number of aliphatic hydroxyl groups is 1. The lowest BCUT2D eigenvalue weighted by molar-refractivity contribution is 0.192. The first kappa shape index (κ1) is 13.5. The lowest BCUT2D eigenvalue weighted by atomic mass is 10.2. The summed E-state index contributed by atoms with van der Waals surface area (Å²) >= 11 is 0. The molecule has 0 radical (unpaired) electrons. The first-order valence-corrected chi connectivity index (χ1v) is 5.95. The van der Waals surface area contributed by atoms with Gasteiger partial charge in [-0.05, 0) is 18.9 Å². The molecule has 17 heavy (non-hydrogen) atoms. The zero-order valence-electron chi connectivity index (χ0n) is 10.2. The molecule has 0 fully saturated rings. The number of carbonyl (C=O) groups is 1. The Bertz CT molecular complexity index is 327. The highest BCUT2D eigenvalue weighted by Gasteiger charge is 2.09. The molecule has 0 aliphatic carbocycles. The third-order valence-electron chi connectivity index (χ3n) is 2.54. The molecule has 1 aromatic rings. The van der Waals surface area contributed by atoms with E-state index in [0.717, 1.165) is 5.56 Å². The Morgan fingerprint density at radius 3 is 2.65 bits per heavy atom. The molecule has 4 heteroatoms. The lowest BCUT2D eigenvalue weighted by Crippen LogP contribution is -2.40. The van der Waals surface area contributed by atoms with Crippen molar-refractivity contribution in [3.63, 3.8) is 0 Å². The molecular weight excluding hydrogens is 216 g/mol. The third kappa shape index (κ3) is 4.87. The maximum absolute atomic E-state index is 11.8. The highest BCUT2D eigenvalue weighted by atomic mass is 16.3. The van der Waals surface area contributed by atoms with Crippen LogP contribution in [0.25, 0.3) is 0 Å². The number of hydrogen-bond donors (Lipinski definition) is 2. The number of aliphatic hydroxyl groups excluding tert-OH is 1. The minimum Gasteiger partial charge on any atom is -0.396 e. The average molecular weight is 236 g/mol. The fourth-order valence-corrected chi connectivity index (χ4v) is 1.55. The van der Waals surface area contributed by atoms with Crippen molar-refractivity contribution < 1.29 is 9.90 Å². The molecule has 94 valence electrons. The molecule has 0 saturated carbocycles. The minimum atomic E-state index is -0.0789. The molecule has 0 spiro atoms. The fourth-order valence-electron chi connectivity index (χ4n) is 1.55. The van der Waals surface area contributed by atoms with Gasteiger partial charge in [0.25, 0.3) is 0 Å². The van der Waals surface area contributed by atoms with E-state index in [0.29, 0.717) is 26.1 Å². The molecule has 0 aliphatic rings. The van der Waals surface area contributed by atoms with Crippen molar-refractivity contribution in [3.8, 4) is 0 Å². The van der Waals surface area contributed by atoms with Gasteiger partial charge in [0.1, 0.15) is 0 Å². The summed E-state index contributed by atoms with van der Waals surface area (Å²) in [6, 6.07) is 9.72. The molecule has 0 atom stereocenters. The maximum Gasteiger partial charge on any atom is 0.317 e. The monoisotopic (exact) mass is 236 g/mol.